The van der Waals surface area contributed by atoms with E-state index in [0.717, 1.165) is 12.1 Å². The van der Waals surface area contributed by atoms with Gasteiger partial charge in [-0.25, -0.2) is 4.79 Å². The maximum Gasteiger partial charge on any atom is 0.416 e. The lowest BCUT2D eigenvalue weighted by Gasteiger charge is -2.38. The molecule has 3 heterocycles. The molecule has 0 aliphatic carbocycles. The predicted octanol–water partition coefficient (Wildman–Crippen LogP) is 2.94. The Labute approximate surface area is 185 Å². The molecule has 0 saturated carbocycles. The van der Waals surface area contributed by atoms with Crippen molar-refractivity contribution in [3.63, 3.8) is 0 Å². The number of benzene rings is 2. The van der Waals surface area contributed by atoms with Gasteiger partial charge in [0.15, 0.2) is 0 Å². The van der Waals surface area contributed by atoms with Gasteiger partial charge in [-0.1, -0.05) is 24.3 Å². The Balaban J connectivity index is 1.84. The van der Waals surface area contributed by atoms with Crippen LogP contribution in [0.15, 0.2) is 71.2 Å². The van der Waals surface area contributed by atoms with E-state index in [1.54, 1.807) is 24.3 Å². The molecule has 2 aromatic rings. The zero-order chi connectivity index (χ0) is 23.7. The van der Waals surface area contributed by atoms with Crippen LogP contribution in [0.1, 0.15) is 11.1 Å². The molecule has 0 fully saturated rings. The summed E-state index contributed by atoms with van der Waals surface area (Å²) < 4.78 is 45.3. The number of nitrogens with zero attached hydrogens (tertiary/aromatic N) is 3. The highest BCUT2D eigenvalue weighted by Crippen LogP contribution is 2.56. The van der Waals surface area contributed by atoms with Gasteiger partial charge in [0.05, 0.1) is 22.4 Å². The molecule has 166 valence electrons. The fraction of sp³-hybridized carbons (Fsp3) is 0.174. The van der Waals surface area contributed by atoms with E-state index in [1.165, 1.54) is 29.0 Å². The Morgan fingerprint density at radius 3 is 2.58 bits per heavy atom. The van der Waals surface area contributed by atoms with Crippen LogP contribution in [0.2, 0.25) is 0 Å². The number of hydrogen-bond donors (Lipinski definition) is 1. The highest BCUT2D eigenvalue weighted by atomic mass is 19.4. The van der Waals surface area contributed by atoms with Crippen LogP contribution in [-0.4, -0.2) is 25.5 Å². The van der Waals surface area contributed by atoms with Crippen LogP contribution in [0.4, 0.5) is 24.5 Å². The third kappa shape index (κ3) is 2.50. The molecule has 1 spiro atoms. The minimum atomic E-state index is -4.62. The molecule has 0 aromatic heterocycles. The number of rotatable bonds is 1. The Kier molecular flexibility index (Phi) is 4.14. The number of ether oxygens (including phenoxy) is 1. The SMILES string of the molecule is CN1C(=O)[C@]2(C(C#N)=C(N)N(c3cccc(C(F)(F)F)c3)C3=C2C(=O)OC3)c2ccccc21. The van der Waals surface area contributed by atoms with E-state index in [4.69, 9.17) is 10.5 Å². The van der Waals surface area contributed by atoms with E-state index in [0.29, 0.717) is 11.3 Å². The minimum Gasteiger partial charge on any atom is -0.456 e. The molecule has 0 bridgehead atoms. The molecule has 1 atom stereocenters. The van der Waals surface area contributed by atoms with Gasteiger partial charge in [0, 0.05) is 24.0 Å². The van der Waals surface area contributed by atoms with Crippen molar-refractivity contribution in [1.29, 1.82) is 5.26 Å². The number of likely N-dealkylation sites (N-methyl/N-ethyl adjacent to an activating group) is 1. The normalized spacial score (nSPS) is 22.0. The van der Waals surface area contributed by atoms with Gasteiger partial charge in [-0.15, -0.1) is 0 Å². The molecule has 5 rings (SSSR count). The molecule has 10 heteroatoms. The van der Waals surface area contributed by atoms with Crippen molar-refractivity contribution in [1.82, 2.24) is 0 Å². The second-order valence-electron chi connectivity index (χ2n) is 7.78. The molecule has 7 nitrogen and oxygen atoms in total. The zero-order valence-electron chi connectivity index (χ0n) is 17.1. The Morgan fingerprint density at radius 1 is 1.15 bits per heavy atom. The van der Waals surface area contributed by atoms with Crippen LogP contribution in [0.5, 0.6) is 0 Å². The first-order valence-electron chi connectivity index (χ1n) is 9.80. The molecular formula is C23H15F3N4O3. The second-order valence-corrected chi connectivity index (χ2v) is 7.78. The number of alkyl halides is 3. The average Bonchev–Trinajstić information content (AvgIpc) is 3.26. The number of anilines is 2. The summed E-state index contributed by atoms with van der Waals surface area (Å²) in [6.45, 7) is -0.315. The third-order valence-corrected chi connectivity index (χ3v) is 6.19. The average molecular weight is 452 g/mol. The van der Waals surface area contributed by atoms with E-state index in [2.05, 4.69) is 0 Å². The van der Waals surface area contributed by atoms with E-state index in [-0.39, 0.29) is 35.0 Å². The van der Waals surface area contributed by atoms with Crippen molar-refractivity contribution in [2.24, 2.45) is 5.73 Å². The summed E-state index contributed by atoms with van der Waals surface area (Å²) >= 11 is 0. The van der Waals surface area contributed by atoms with Crippen LogP contribution in [0.3, 0.4) is 0 Å². The van der Waals surface area contributed by atoms with E-state index >= 15 is 0 Å². The van der Waals surface area contributed by atoms with Crippen molar-refractivity contribution >= 4 is 23.3 Å². The summed E-state index contributed by atoms with van der Waals surface area (Å²) in [4.78, 5) is 29.1. The molecule has 1 amide bonds. The summed E-state index contributed by atoms with van der Waals surface area (Å²) in [7, 11) is 1.51. The molecule has 2 N–H and O–H groups in total. The number of carbonyl (C=O) groups excluding carboxylic acids is 2. The molecule has 2 aromatic carbocycles. The largest absolute Gasteiger partial charge is 0.456 e. The number of fused-ring (bicyclic) bond motifs is 3. The number of nitrogens with two attached hydrogens (primary N) is 1. The number of esters is 1. The molecule has 33 heavy (non-hydrogen) atoms. The van der Waals surface area contributed by atoms with Crippen LogP contribution in [-0.2, 0) is 25.9 Å². The van der Waals surface area contributed by atoms with Crippen LogP contribution >= 0.6 is 0 Å². The monoisotopic (exact) mass is 452 g/mol. The first-order chi connectivity index (χ1) is 15.6. The first kappa shape index (κ1) is 20.6. The predicted molar refractivity (Wildman–Crippen MR) is 110 cm³/mol. The fourth-order valence-corrected chi connectivity index (χ4v) is 4.82. The van der Waals surface area contributed by atoms with Crippen molar-refractivity contribution in [2.75, 3.05) is 23.5 Å². The Morgan fingerprint density at radius 2 is 1.88 bits per heavy atom. The third-order valence-electron chi connectivity index (χ3n) is 6.19. The van der Waals surface area contributed by atoms with Gasteiger partial charge in [0.2, 0.25) is 5.91 Å². The summed E-state index contributed by atoms with van der Waals surface area (Å²) in [6, 6.07) is 13.0. The molecule has 0 radical (unpaired) electrons. The number of carbonyl (C=O) groups is 2. The lowest BCUT2D eigenvalue weighted by molar-refractivity contribution is -0.138. The summed E-state index contributed by atoms with van der Waals surface area (Å²) in [6.07, 6.45) is -4.62. The smallest absolute Gasteiger partial charge is 0.416 e. The molecule has 0 saturated heterocycles. The van der Waals surface area contributed by atoms with Gasteiger partial charge < -0.3 is 15.4 Å². The van der Waals surface area contributed by atoms with Gasteiger partial charge in [0.25, 0.3) is 0 Å². The van der Waals surface area contributed by atoms with E-state index in [1.807, 2.05) is 6.07 Å². The fourth-order valence-electron chi connectivity index (χ4n) is 4.82. The van der Waals surface area contributed by atoms with Crippen LogP contribution in [0.25, 0.3) is 0 Å². The zero-order valence-corrected chi connectivity index (χ0v) is 17.1. The molecule has 3 aliphatic rings. The topological polar surface area (TPSA) is 99.7 Å². The van der Waals surface area contributed by atoms with Crippen molar-refractivity contribution in [3.8, 4) is 6.07 Å². The number of amides is 1. The lowest BCUT2D eigenvalue weighted by atomic mass is 9.67. The van der Waals surface area contributed by atoms with Crippen molar-refractivity contribution in [3.05, 3.63) is 82.3 Å². The number of cyclic esters (lactones) is 1. The lowest BCUT2D eigenvalue weighted by Crippen LogP contribution is -2.50. The van der Waals surface area contributed by atoms with Crippen molar-refractivity contribution < 1.29 is 27.5 Å². The summed E-state index contributed by atoms with van der Waals surface area (Å²) in [5.74, 6) is -1.65. The Bertz CT molecular complexity index is 1360. The highest BCUT2D eigenvalue weighted by Gasteiger charge is 2.63. The van der Waals surface area contributed by atoms with Gasteiger partial charge in [-0.3, -0.25) is 9.69 Å². The van der Waals surface area contributed by atoms with Crippen LogP contribution in [0, 0.1) is 11.3 Å². The number of hydrogen-bond acceptors (Lipinski definition) is 6. The number of para-hydroxylation sites is 1. The maximum atomic E-state index is 13.6. The van der Waals surface area contributed by atoms with E-state index in [9.17, 15) is 28.0 Å². The quantitative estimate of drug-likeness (QED) is 0.668. The molecule has 0 unspecified atom stereocenters. The standard InChI is InChI=1S/C23H15F3N4O3/c1-29-16-8-3-2-7-14(16)22(21(29)32)15(10-27)19(28)30(17-11-33-20(31)18(17)22)13-6-4-5-12(9-13)23(24,25)26/h2-9H,11,28H2,1H3/t22-/m0/s1. The van der Waals surface area contributed by atoms with E-state index < -0.39 is 29.0 Å². The summed E-state index contributed by atoms with van der Waals surface area (Å²) in [5, 5.41) is 10.1. The first-order valence-corrected chi connectivity index (χ1v) is 9.80. The van der Waals surface area contributed by atoms with Gasteiger partial charge in [-0.05, 0) is 24.3 Å². The highest BCUT2D eigenvalue weighted by molar-refractivity contribution is 6.19. The van der Waals surface area contributed by atoms with Crippen LogP contribution < -0.4 is 15.5 Å². The summed E-state index contributed by atoms with van der Waals surface area (Å²) in [5.41, 5.74) is 4.21. The number of nitriles is 1. The van der Waals surface area contributed by atoms with Gasteiger partial charge in [0.1, 0.15) is 23.9 Å². The number of halogens is 3. The Hall–Kier alpha value is -4.26. The minimum absolute atomic E-state index is 0.0113. The molecule has 3 aliphatic heterocycles. The van der Waals surface area contributed by atoms with Crippen molar-refractivity contribution in [2.45, 2.75) is 11.6 Å². The maximum absolute atomic E-state index is 13.6. The van der Waals surface area contributed by atoms with Gasteiger partial charge >= 0.3 is 12.1 Å². The molecular weight excluding hydrogens is 437 g/mol. The van der Waals surface area contributed by atoms with Gasteiger partial charge in [-0.2, -0.15) is 18.4 Å². The second kappa shape index (κ2) is 6.62.